The highest BCUT2D eigenvalue weighted by Gasteiger charge is 2.08. The van der Waals surface area contributed by atoms with Crippen LogP contribution in [0.25, 0.3) is 21.8 Å². The molecule has 4 aromatic rings. The van der Waals surface area contributed by atoms with Crippen molar-refractivity contribution in [2.75, 3.05) is 0 Å². The molecule has 0 N–H and O–H groups in total. The van der Waals surface area contributed by atoms with Crippen molar-refractivity contribution >= 4 is 65.8 Å². The summed E-state index contributed by atoms with van der Waals surface area (Å²) in [6.45, 7) is 0. The Morgan fingerprint density at radius 3 is 2.62 bits per heavy atom. The monoisotopic (exact) mass is 384 g/mol. The lowest BCUT2D eigenvalue weighted by Crippen LogP contribution is -1.82. The summed E-state index contributed by atoms with van der Waals surface area (Å²) in [5.74, 6) is 0. The van der Waals surface area contributed by atoms with Crippen LogP contribution < -0.4 is 0 Å². The highest BCUT2D eigenvalue weighted by atomic mass is 33.1. The molecule has 0 saturated carbocycles. The van der Waals surface area contributed by atoms with Crippen molar-refractivity contribution in [1.29, 1.82) is 0 Å². The van der Waals surface area contributed by atoms with Gasteiger partial charge in [-0.05, 0) is 30.3 Å². The number of aromatic nitrogens is 2. The summed E-state index contributed by atoms with van der Waals surface area (Å²) in [6.07, 6.45) is 3.69. The summed E-state index contributed by atoms with van der Waals surface area (Å²) in [6, 6.07) is 18.7. The van der Waals surface area contributed by atoms with Crippen molar-refractivity contribution in [3.05, 3.63) is 67.0 Å². The van der Waals surface area contributed by atoms with Gasteiger partial charge < -0.3 is 0 Å². The molecule has 0 aliphatic rings. The number of thiol groups is 1. The van der Waals surface area contributed by atoms with E-state index in [4.69, 9.17) is 0 Å². The summed E-state index contributed by atoms with van der Waals surface area (Å²) < 4.78 is 0. The highest BCUT2D eigenvalue weighted by Crippen LogP contribution is 2.42. The van der Waals surface area contributed by atoms with Gasteiger partial charge in [0.1, 0.15) is 0 Å². The summed E-state index contributed by atoms with van der Waals surface area (Å²) >= 11 is 4.37. The predicted molar refractivity (Wildman–Crippen MR) is 110 cm³/mol. The molecule has 4 rings (SSSR count). The van der Waals surface area contributed by atoms with Crippen LogP contribution in [-0.2, 0) is 0 Å². The molecule has 0 amide bonds. The first kappa shape index (κ1) is 16.1. The third-order valence-corrected chi connectivity index (χ3v) is 7.09. The molecule has 0 spiro atoms. The van der Waals surface area contributed by atoms with Gasteiger partial charge in [0, 0.05) is 37.9 Å². The van der Waals surface area contributed by atoms with Gasteiger partial charge in [0.05, 0.1) is 11.0 Å². The number of fused-ring (bicyclic) bond motifs is 2. The second kappa shape index (κ2) is 7.27. The van der Waals surface area contributed by atoms with Crippen molar-refractivity contribution in [3.8, 4) is 0 Å². The van der Waals surface area contributed by atoms with Crippen LogP contribution in [-0.4, -0.2) is 9.97 Å². The zero-order valence-corrected chi connectivity index (χ0v) is 15.8. The van der Waals surface area contributed by atoms with Gasteiger partial charge in [-0.1, -0.05) is 56.6 Å². The van der Waals surface area contributed by atoms with E-state index in [2.05, 4.69) is 58.0 Å². The van der Waals surface area contributed by atoms with Gasteiger partial charge in [0.2, 0.25) is 0 Å². The van der Waals surface area contributed by atoms with Gasteiger partial charge in [-0.3, -0.25) is 9.97 Å². The molecule has 0 aliphatic heterocycles. The first-order chi connectivity index (χ1) is 11.8. The zero-order valence-electron chi connectivity index (χ0n) is 12.4. The summed E-state index contributed by atoms with van der Waals surface area (Å²) in [4.78, 5) is 12.4. The smallest absolute Gasteiger partial charge is 0.0847 e. The number of rotatable bonds is 4. The van der Waals surface area contributed by atoms with Crippen LogP contribution in [0.4, 0.5) is 0 Å². The molecule has 24 heavy (non-hydrogen) atoms. The Balaban J connectivity index is 1.67. The topological polar surface area (TPSA) is 25.8 Å². The molecule has 0 aliphatic carbocycles. The minimum atomic E-state index is 1.00. The van der Waals surface area contributed by atoms with E-state index < -0.39 is 0 Å². The molecule has 0 atom stereocenters. The molecule has 6 heteroatoms. The van der Waals surface area contributed by atoms with Crippen LogP contribution in [0.1, 0.15) is 0 Å². The van der Waals surface area contributed by atoms with Crippen LogP contribution in [0.15, 0.2) is 81.7 Å². The Kier molecular flexibility index (Phi) is 4.89. The van der Waals surface area contributed by atoms with E-state index in [1.807, 2.05) is 30.6 Å². The Morgan fingerprint density at radius 1 is 0.792 bits per heavy atom. The minimum Gasteiger partial charge on any atom is -0.256 e. The summed E-state index contributed by atoms with van der Waals surface area (Å²) in [7, 11) is 4.94. The van der Waals surface area contributed by atoms with Gasteiger partial charge in [-0.25, -0.2) is 0 Å². The van der Waals surface area contributed by atoms with Crippen molar-refractivity contribution in [1.82, 2.24) is 9.97 Å². The van der Waals surface area contributed by atoms with Crippen LogP contribution in [0, 0.1) is 0 Å². The van der Waals surface area contributed by atoms with Crippen LogP contribution >= 0.6 is 44.0 Å². The second-order valence-electron chi connectivity index (χ2n) is 5.08. The molecule has 0 radical (unpaired) electrons. The van der Waals surface area contributed by atoms with E-state index >= 15 is 0 Å². The average Bonchev–Trinajstić information content (AvgIpc) is 2.65. The lowest BCUT2D eigenvalue weighted by atomic mass is 10.2. The van der Waals surface area contributed by atoms with E-state index in [9.17, 15) is 0 Å². The van der Waals surface area contributed by atoms with Crippen molar-refractivity contribution in [2.24, 2.45) is 0 Å². The first-order valence-corrected chi connectivity index (χ1v) is 11.3. The molecule has 2 aromatic heterocycles. The highest BCUT2D eigenvalue weighted by molar-refractivity contribution is 8.76. The van der Waals surface area contributed by atoms with E-state index in [1.165, 1.54) is 26.0 Å². The Bertz CT molecular complexity index is 1010. The van der Waals surface area contributed by atoms with E-state index in [1.54, 1.807) is 21.6 Å². The largest absolute Gasteiger partial charge is 0.256 e. The fraction of sp³-hybridized carbons (Fsp3) is 0. The maximum Gasteiger partial charge on any atom is 0.0847 e. The number of pyridine rings is 2. The van der Waals surface area contributed by atoms with Gasteiger partial charge in [0.15, 0.2) is 0 Å². The zero-order chi connectivity index (χ0) is 16.4. The number of benzene rings is 2. The molecular formula is C18H12N2S4. The minimum absolute atomic E-state index is 1.00. The second-order valence-corrected chi connectivity index (χ2v) is 8.50. The molecular weight excluding hydrogens is 372 g/mol. The lowest BCUT2D eigenvalue weighted by Gasteiger charge is -2.08. The molecule has 2 nitrogen and oxygen atoms in total. The number of hydrogen-bond acceptors (Lipinski definition) is 6. The maximum atomic E-state index is 4.46. The van der Waals surface area contributed by atoms with Crippen LogP contribution in [0.3, 0.4) is 0 Å². The predicted octanol–water partition coefficient (Wildman–Crippen LogP) is 6.52. The maximum absolute atomic E-state index is 4.46. The molecule has 0 unspecified atom stereocenters. The molecule has 118 valence electrons. The number of para-hydroxylation sites is 1. The van der Waals surface area contributed by atoms with E-state index in [0.717, 1.165) is 21.3 Å². The van der Waals surface area contributed by atoms with Crippen LogP contribution in [0.5, 0.6) is 0 Å². The Labute approximate surface area is 157 Å². The quantitative estimate of drug-likeness (QED) is 0.319. The third kappa shape index (κ3) is 3.24. The fourth-order valence-electron chi connectivity index (χ4n) is 2.49. The first-order valence-electron chi connectivity index (χ1n) is 7.23. The molecule has 2 heterocycles. The van der Waals surface area contributed by atoms with Gasteiger partial charge in [-0.2, -0.15) is 0 Å². The molecule has 0 fully saturated rings. The molecule has 2 aromatic carbocycles. The summed E-state index contributed by atoms with van der Waals surface area (Å²) in [5, 5.41) is 2.32. The normalized spacial score (nSPS) is 11.2. The molecule has 0 bridgehead atoms. The standard InChI is InChI=1S/C18H12N2S4/c21-22-17-11-13(10-12-4-3-8-20-18(12)17)23-24-16-7-9-19-15-6-2-1-5-14(15)16/h1-11,21H. The van der Waals surface area contributed by atoms with Crippen molar-refractivity contribution in [3.63, 3.8) is 0 Å². The van der Waals surface area contributed by atoms with Crippen LogP contribution in [0.2, 0.25) is 0 Å². The lowest BCUT2D eigenvalue weighted by molar-refractivity contribution is 1.31. The number of nitrogens with zero attached hydrogens (tertiary/aromatic N) is 2. The summed E-state index contributed by atoms with van der Waals surface area (Å²) in [5.41, 5.74) is 2.03. The Morgan fingerprint density at radius 2 is 1.71 bits per heavy atom. The van der Waals surface area contributed by atoms with Gasteiger partial charge in [0.25, 0.3) is 0 Å². The van der Waals surface area contributed by atoms with E-state index in [-0.39, 0.29) is 0 Å². The average molecular weight is 385 g/mol. The SMILES string of the molecule is SSc1cc(SSc2ccnc3ccccc23)cc2cccnc12. The molecule has 0 saturated heterocycles. The van der Waals surface area contributed by atoms with Crippen molar-refractivity contribution in [2.45, 2.75) is 14.7 Å². The van der Waals surface area contributed by atoms with Gasteiger partial charge in [-0.15, -0.1) is 11.7 Å². The third-order valence-electron chi connectivity index (χ3n) is 3.58. The van der Waals surface area contributed by atoms with Crippen molar-refractivity contribution < 1.29 is 0 Å². The Hall–Kier alpha value is -1.34. The fourth-order valence-corrected chi connectivity index (χ4v) is 5.60. The van der Waals surface area contributed by atoms with E-state index in [0.29, 0.717) is 0 Å². The van der Waals surface area contributed by atoms with Gasteiger partial charge >= 0.3 is 0 Å². The number of hydrogen-bond donors (Lipinski definition) is 1.